The van der Waals surface area contributed by atoms with Crippen LogP contribution in [-0.2, 0) is 0 Å². The van der Waals surface area contributed by atoms with Crippen LogP contribution in [0, 0.1) is 5.92 Å². The van der Waals surface area contributed by atoms with Gasteiger partial charge in [-0.05, 0) is 38.9 Å². The van der Waals surface area contributed by atoms with Crippen LogP contribution >= 0.6 is 0 Å². The predicted octanol–water partition coefficient (Wildman–Crippen LogP) is 0.205. The molecule has 1 fully saturated rings. The van der Waals surface area contributed by atoms with Gasteiger partial charge in [-0.15, -0.1) is 0 Å². The second kappa shape index (κ2) is 5.20. The summed E-state index contributed by atoms with van der Waals surface area (Å²) in [6.45, 7) is 3.46. The Labute approximate surface area is 86.8 Å². The molecule has 1 rings (SSSR count). The first-order chi connectivity index (χ1) is 6.63. The quantitative estimate of drug-likeness (QED) is 0.509. The maximum Gasteiger partial charge on any atom is 0.190 e. The molecule has 0 radical (unpaired) electrons. The summed E-state index contributed by atoms with van der Waals surface area (Å²) in [5, 5.41) is 0. The molecule has 1 aliphatic heterocycles. The highest BCUT2D eigenvalue weighted by Crippen LogP contribution is 2.16. The average molecular weight is 198 g/mol. The number of likely N-dealkylation sites (tertiary alicyclic amines) is 1. The van der Waals surface area contributed by atoms with Gasteiger partial charge in [-0.2, -0.15) is 0 Å². The van der Waals surface area contributed by atoms with E-state index in [-0.39, 0.29) is 0 Å². The van der Waals surface area contributed by atoms with Gasteiger partial charge in [-0.25, -0.2) is 0 Å². The Balaban J connectivity index is 2.31. The predicted molar refractivity (Wildman–Crippen MR) is 60.4 cm³/mol. The van der Waals surface area contributed by atoms with E-state index in [0.717, 1.165) is 12.5 Å². The fraction of sp³-hybridized carbons (Fsp3) is 0.900. The number of hydrogen-bond acceptors (Lipinski definition) is 2. The van der Waals surface area contributed by atoms with E-state index in [1.165, 1.54) is 25.9 Å². The first-order valence-corrected chi connectivity index (χ1v) is 5.25. The van der Waals surface area contributed by atoms with Crippen molar-refractivity contribution in [1.29, 1.82) is 0 Å². The fourth-order valence-electron chi connectivity index (χ4n) is 1.90. The van der Waals surface area contributed by atoms with E-state index in [4.69, 9.17) is 5.73 Å². The summed E-state index contributed by atoms with van der Waals surface area (Å²) in [6.07, 6.45) is 2.55. The summed E-state index contributed by atoms with van der Waals surface area (Å²) in [7, 11) is 5.93. The van der Waals surface area contributed by atoms with E-state index in [1.807, 2.05) is 7.05 Å². The zero-order valence-corrected chi connectivity index (χ0v) is 9.53. The highest BCUT2D eigenvalue weighted by Gasteiger charge is 2.18. The van der Waals surface area contributed by atoms with Crippen LogP contribution in [0.4, 0.5) is 0 Å². The van der Waals surface area contributed by atoms with Gasteiger partial charge in [0.05, 0.1) is 0 Å². The summed E-state index contributed by atoms with van der Waals surface area (Å²) in [5.41, 5.74) is 5.73. The molecule has 0 aromatic heterocycles. The van der Waals surface area contributed by atoms with Gasteiger partial charge in [0.25, 0.3) is 0 Å². The molecule has 0 aromatic carbocycles. The first kappa shape index (κ1) is 11.3. The van der Waals surface area contributed by atoms with Crippen LogP contribution in [0.15, 0.2) is 4.99 Å². The molecule has 2 N–H and O–H groups in total. The Hall–Kier alpha value is -0.770. The monoisotopic (exact) mass is 198 g/mol. The Bertz CT molecular complexity index is 194. The van der Waals surface area contributed by atoms with Gasteiger partial charge in [0.1, 0.15) is 0 Å². The van der Waals surface area contributed by atoms with Crippen LogP contribution in [-0.4, -0.2) is 56.5 Å². The van der Waals surface area contributed by atoms with Crippen molar-refractivity contribution in [2.24, 2.45) is 16.6 Å². The molecule has 0 saturated carbocycles. The summed E-state index contributed by atoms with van der Waals surface area (Å²) >= 11 is 0. The number of aliphatic imine (C=N–C) groups is 1. The van der Waals surface area contributed by atoms with Crippen LogP contribution in [0.3, 0.4) is 0 Å². The highest BCUT2D eigenvalue weighted by molar-refractivity contribution is 5.77. The standard InChI is InChI=1S/C10H22N4/c1-12-10(11)14(3)8-9-4-6-13(2)7-5-9/h9H,4-8H2,1-3H3,(H2,11,12). The third-order valence-electron chi connectivity index (χ3n) is 2.99. The summed E-state index contributed by atoms with van der Waals surface area (Å²) in [4.78, 5) is 8.41. The first-order valence-electron chi connectivity index (χ1n) is 5.25. The second-order valence-electron chi connectivity index (χ2n) is 4.21. The van der Waals surface area contributed by atoms with Crippen molar-refractivity contribution in [3.05, 3.63) is 0 Å². The highest BCUT2D eigenvalue weighted by atomic mass is 15.2. The van der Waals surface area contributed by atoms with Crippen LogP contribution in [0.25, 0.3) is 0 Å². The van der Waals surface area contributed by atoms with Crippen molar-refractivity contribution in [2.45, 2.75) is 12.8 Å². The molecule has 0 aromatic rings. The Morgan fingerprint density at radius 3 is 2.57 bits per heavy atom. The van der Waals surface area contributed by atoms with Gasteiger partial charge in [0.2, 0.25) is 0 Å². The molecular formula is C10H22N4. The van der Waals surface area contributed by atoms with Gasteiger partial charge in [0.15, 0.2) is 5.96 Å². The average Bonchev–Trinajstić information content (AvgIpc) is 2.20. The van der Waals surface area contributed by atoms with Crippen LogP contribution < -0.4 is 5.73 Å². The molecule has 0 unspecified atom stereocenters. The molecule has 82 valence electrons. The topological polar surface area (TPSA) is 44.9 Å². The summed E-state index contributed by atoms with van der Waals surface area (Å²) in [6, 6.07) is 0. The Kier molecular flexibility index (Phi) is 4.20. The van der Waals surface area contributed by atoms with Crippen molar-refractivity contribution < 1.29 is 0 Å². The van der Waals surface area contributed by atoms with Crippen molar-refractivity contribution in [3.63, 3.8) is 0 Å². The minimum absolute atomic E-state index is 0.643. The number of rotatable bonds is 2. The third-order valence-corrected chi connectivity index (χ3v) is 2.99. The number of hydrogen-bond donors (Lipinski definition) is 1. The maximum atomic E-state index is 5.73. The van der Waals surface area contributed by atoms with Crippen molar-refractivity contribution in [1.82, 2.24) is 9.80 Å². The Morgan fingerprint density at radius 2 is 2.07 bits per heavy atom. The van der Waals surface area contributed by atoms with E-state index in [2.05, 4.69) is 21.8 Å². The van der Waals surface area contributed by atoms with Crippen molar-refractivity contribution >= 4 is 5.96 Å². The summed E-state index contributed by atoms with van der Waals surface area (Å²) < 4.78 is 0. The van der Waals surface area contributed by atoms with Crippen LogP contribution in [0.2, 0.25) is 0 Å². The fourth-order valence-corrected chi connectivity index (χ4v) is 1.90. The van der Waals surface area contributed by atoms with Gasteiger partial charge in [-0.3, -0.25) is 4.99 Å². The number of nitrogens with zero attached hydrogens (tertiary/aromatic N) is 3. The van der Waals surface area contributed by atoms with Crippen LogP contribution in [0.5, 0.6) is 0 Å². The molecule has 0 bridgehead atoms. The molecule has 14 heavy (non-hydrogen) atoms. The van der Waals surface area contributed by atoms with E-state index >= 15 is 0 Å². The van der Waals surface area contributed by atoms with Gasteiger partial charge in [0, 0.05) is 20.6 Å². The van der Waals surface area contributed by atoms with Crippen molar-refractivity contribution in [3.8, 4) is 0 Å². The zero-order valence-electron chi connectivity index (χ0n) is 9.53. The number of piperidine rings is 1. The number of guanidine groups is 1. The number of nitrogens with two attached hydrogens (primary N) is 1. The molecule has 1 aliphatic rings. The van der Waals surface area contributed by atoms with E-state index in [0.29, 0.717) is 5.96 Å². The molecule has 4 nitrogen and oxygen atoms in total. The Morgan fingerprint density at radius 1 is 1.50 bits per heavy atom. The minimum Gasteiger partial charge on any atom is -0.370 e. The molecule has 0 spiro atoms. The second-order valence-corrected chi connectivity index (χ2v) is 4.21. The lowest BCUT2D eigenvalue weighted by atomic mass is 9.97. The largest absolute Gasteiger partial charge is 0.370 e. The smallest absolute Gasteiger partial charge is 0.190 e. The molecule has 1 heterocycles. The minimum atomic E-state index is 0.643. The lowest BCUT2D eigenvalue weighted by Crippen LogP contribution is -2.40. The molecule has 4 heteroatoms. The molecule has 1 saturated heterocycles. The van der Waals surface area contributed by atoms with Crippen molar-refractivity contribution in [2.75, 3.05) is 40.8 Å². The van der Waals surface area contributed by atoms with E-state index < -0.39 is 0 Å². The van der Waals surface area contributed by atoms with E-state index in [9.17, 15) is 0 Å². The summed E-state index contributed by atoms with van der Waals surface area (Å²) in [5.74, 6) is 1.42. The molecule has 0 aliphatic carbocycles. The van der Waals surface area contributed by atoms with Gasteiger partial charge >= 0.3 is 0 Å². The molecule has 0 amide bonds. The lowest BCUT2D eigenvalue weighted by molar-refractivity contribution is 0.200. The van der Waals surface area contributed by atoms with Crippen LogP contribution in [0.1, 0.15) is 12.8 Å². The van der Waals surface area contributed by atoms with Gasteiger partial charge in [-0.1, -0.05) is 0 Å². The maximum absolute atomic E-state index is 5.73. The molecule has 0 atom stereocenters. The lowest BCUT2D eigenvalue weighted by Gasteiger charge is -2.31. The van der Waals surface area contributed by atoms with Gasteiger partial charge < -0.3 is 15.5 Å². The normalized spacial score (nSPS) is 21.2. The zero-order chi connectivity index (χ0) is 10.6. The third kappa shape index (κ3) is 3.18. The van der Waals surface area contributed by atoms with E-state index in [1.54, 1.807) is 7.05 Å². The molecular weight excluding hydrogens is 176 g/mol. The SMILES string of the molecule is CN=C(N)N(C)CC1CCN(C)CC1.